The van der Waals surface area contributed by atoms with Crippen LogP contribution in [0.3, 0.4) is 0 Å². The molecule has 11 heteroatoms. The minimum Gasteiger partial charge on any atom is -0.497 e. The zero-order valence-electron chi connectivity index (χ0n) is 24.2. The minimum atomic E-state index is -0.512. The third-order valence-corrected chi connectivity index (χ3v) is 7.68. The number of aryl methyl sites for hydroxylation is 1. The fourth-order valence-corrected chi connectivity index (χ4v) is 5.38. The van der Waals surface area contributed by atoms with Gasteiger partial charge < -0.3 is 23.7 Å². The molecule has 3 aromatic rings. The molecule has 3 heterocycles. The number of carbonyl (C=O) groups excluding carboxylic acids is 2. The zero-order chi connectivity index (χ0) is 29.6. The van der Waals surface area contributed by atoms with Gasteiger partial charge in [-0.1, -0.05) is 6.07 Å². The standard InChI is InChI=1S/C31H36FN5O5/c1-34-11-5-8-27(34)26-20-28(25-19-24(40-2)9-10-29(25)41-3)37(33-26)30(38)21-36(13-12-35-14-16-42-17-15-35)31(39)22-6-4-7-23(32)18-22/h4-11,18-19,28H,12-17,20-21H2,1-3H3. The summed E-state index contributed by atoms with van der Waals surface area (Å²) in [4.78, 5) is 31.4. The minimum absolute atomic E-state index is 0.185. The monoisotopic (exact) mass is 577 g/mol. The van der Waals surface area contributed by atoms with Crippen LogP contribution in [0, 0.1) is 5.82 Å². The molecule has 2 aromatic carbocycles. The number of hydrogen-bond donors (Lipinski definition) is 0. The lowest BCUT2D eigenvalue weighted by atomic mass is 9.99. The SMILES string of the molecule is COc1ccc(OC)c(C2CC(c3cccn3C)=NN2C(=O)CN(CCN2CCOCC2)C(=O)c2cccc(F)c2)c1. The molecule has 42 heavy (non-hydrogen) atoms. The second-order valence-electron chi connectivity index (χ2n) is 10.3. The van der Waals surface area contributed by atoms with Crippen LogP contribution in [0.25, 0.3) is 0 Å². The Kier molecular flexibility index (Phi) is 9.19. The van der Waals surface area contributed by atoms with Crippen LogP contribution in [0.1, 0.15) is 34.1 Å². The maximum Gasteiger partial charge on any atom is 0.262 e. The van der Waals surface area contributed by atoms with Crippen molar-refractivity contribution in [1.29, 1.82) is 0 Å². The number of benzene rings is 2. The van der Waals surface area contributed by atoms with Gasteiger partial charge in [0.05, 0.1) is 44.9 Å². The number of hydrazone groups is 1. The smallest absolute Gasteiger partial charge is 0.262 e. The zero-order valence-corrected chi connectivity index (χ0v) is 24.2. The number of rotatable bonds is 10. The molecule has 2 aliphatic rings. The third kappa shape index (κ3) is 6.47. The number of ether oxygens (including phenoxy) is 3. The highest BCUT2D eigenvalue weighted by molar-refractivity contribution is 6.03. The second-order valence-corrected chi connectivity index (χ2v) is 10.3. The van der Waals surface area contributed by atoms with Gasteiger partial charge in [0.15, 0.2) is 0 Å². The Balaban J connectivity index is 1.46. The molecule has 0 spiro atoms. The number of amides is 2. The van der Waals surface area contributed by atoms with Crippen molar-refractivity contribution in [2.45, 2.75) is 12.5 Å². The summed E-state index contributed by atoms with van der Waals surface area (Å²) in [6.07, 6.45) is 2.37. The Labute approximate surface area is 244 Å². The van der Waals surface area contributed by atoms with E-state index in [4.69, 9.17) is 19.3 Å². The van der Waals surface area contributed by atoms with E-state index in [1.807, 2.05) is 36.0 Å². The molecule has 0 radical (unpaired) electrons. The van der Waals surface area contributed by atoms with Crippen LogP contribution in [-0.4, -0.2) is 97.1 Å². The van der Waals surface area contributed by atoms with E-state index in [0.29, 0.717) is 37.7 Å². The van der Waals surface area contributed by atoms with E-state index in [0.717, 1.165) is 30.1 Å². The third-order valence-electron chi connectivity index (χ3n) is 7.68. The fraction of sp³-hybridized carbons (Fsp3) is 0.387. The molecule has 1 saturated heterocycles. The summed E-state index contributed by atoms with van der Waals surface area (Å²) in [6, 6.07) is 14.4. The number of nitrogens with zero attached hydrogens (tertiary/aromatic N) is 5. The lowest BCUT2D eigenvalue weighted by Gasteiger charge is -2.31. The Hall–Kier alpha value is -4.22. The van der Waals surface area contributed by atoms with Gasteiger partial charge in [0.1, 0.15) is 23.9 Å². The van der Waals surface area contributed by atoms with Gasteiger partial charge in [-0.05, 0) is 48.5 Å². The predicted molar refractivity (Wildman–Crippen MR) is 155 cm³/mol. The van der Waals surface area contributed by atoms with E-state index >= 15 is 0 Å². The predicted octanol–water partition coefficient (Wildman–Crippen LogP) is 3.33. The molecule has 222 valence electrons. The van der Waals surface area contributed by atoms with Gasteiger partial charge in [0.2, 0.25) is 0 Å². The number of carbonyl (C=O) groups is 2. The number of methoxy groups -OCH3 is 2. The van der Waals surface area contributed by atoms with Crippen molar-refractivity contribution in [3.63, 3.8) is 0 Å². The van der Waals surface area contributed by atoms with E-state index in [2.05, 4.69) is 4.90 Å². The lowest BCUT2D eigenvalue weighted by Crippen LogP contribution is -2.46. The molecule has 1 unspecified atom stereocenters. The number of aromatic nitrogens is 1. The summed E-state index contributed by atoms with van der Waals surface area (Å²) in [5.74, 6) is -0.0685. The normalized spacial score (nSPS) is 17.2. The average molecular weight is 578 g/mol. The van der Waals surface area contributed by atoms with Crippen molar-refractivity contribution >= 4 is 17.5 Å². The molecule has 1 fully saturated rings. The van der Waals surface area contributed by atoms with Crippen molar-refractivity contribution in [3.8, 4) is 11.5 Å². The van der Waals surface area contributed by atoms with Crippen molar-refractivity contribution in [3.05, 3.63) is 83.4 Å². The van der Waals surface area contributed by atoms with E-state index in [9.17, 15) is 14.0 Å². The summed E-state index contributed by atoms with van der Waals surface area (Å²) in [5.41, 5.74) is 2.55. The highest BCUT2D eigenvalue weighted by atomic mass is 19.1. The Morgan fingerprint density at radius 3 is 2.57 bits per heavy atom. The summed E-state index contributed by atoms with van der Waals surface area (Å²) in [5, 5.41) is 6.23. The van der Waals surface area contributed by atoms with Gasteiger partial charge in [0.25, 0.3) is 11.8 Å². The molecule has 10 nitrogen and oxygen atoms in total. The van der Waals surface area contributed by atoms with Gasteiger partial charge >= 0.3 is 0 Å². The lowest BCUT2D eigenvalue weighted by molar-refractivity contribution is -0.133. The van der Waals surface area contributed by atoms with Crippen LogP contribution in [0.4, 0.5) is 4.39 Å². The molecule has 2 aliphatic heterocycles. The maximum atomic E-state index is 14.1. The molecule has 0 saturated carbocycles. The maximum absolute atomic E-state index is 14.1. The first kappa shape index (κ1) is 29.3. The van der Waals surface area contributed by atoms with E-state index in [-0.39, 0.29) is 24.6 Å². The number of hydrogen-bond acceptors (Lipinski definition) is 7. The Morgan fingerprint density at radius 2 is 1.88 bits per heavy atom. The molecule has 5 rings (SSSR count). The van der Waals surface area contributed by atoms with Crippen LogP contribution in [0.2, 0.25) is 0 Å². The van der Waals surface area contributed by atoms with E-state index in [1.165, 1.54) is 28.1 Å². The Bertz CT molecular complexity index is 1450. The van der Waals surface area contributed by atoms with Crippen LogP contribution >= 0.6 is 0 Å². The van der Waals surface area contributed by atoms with Gasteiger partial charge in [0, 0.05) is 57.0 Å². The first-order chi connectivity index (χ1) is 20.4. The molecule has 1 aromatic heterocycles. The van der Waals surface area contributed by atoms with E-state index in [1.54, 1.807) is 32.4 Å². The molecule has 0 bridgehead atoms. The number of halogens is 1. The summed E-state index contributed by atoms with van der Waals surface area (Å²) in [7, 11) is 5.09. The van der Waals surface area contributed by atoms with Crippen LogP contribution < -0.4 is 9.47 Å². The molecule has 1 atom stereocenters. The van der Waals surface area contributed by atoms with Crippen LogP contribution in [0.5, 0.6) is 11.5 Å². The van der Waals surface area contributed by atoms with Crippen LogP contribution in [-0.2, 0) is 16.6 Å². The summed E-state index contributed by atoms with van der Waals surface area (Å²) in [6.45, 7) is 3.33. The van der Waals surface area contributed by atoms with Gasteiger partial charge in [-0.15, -0.1) is 0 Å². The first-order valence-electron chi connectivity index (χ1n) is 14.0. The van der Waals surface area contributed by atoms with Crippen LogP contribution in [0.15, 0.2) is 65.9 Å². The quantitative estimate of drug-likeness (QED) is 0.367. The van der Waals surface area contributed by atoms with Crippen molar-refractivity contribution in [1.82, 2.24) is 19.4 Å². The molecular weight excluding hydrogens is 541 g/mol. The van der Waals surface area contributed by atoms with Crippen molar-refractivity contribution < 1.29 is 28.2 Å². The average Bonchev–Trinajstić information content (AvgIpc) is 3.65. The van der Waals surface area contributed by atoms with E-state index < -0.39 is 17.8 Å². The van der Waals surface area contributed by atoms with Gasteiger partial charge in [-0.3, -0.25) is 14.5 Å². The molecule has 0 N–H and O–H groups in total. The number of morpholine rings is 1. The van der Waals surface area contributed by atoms with Gasteiger partial charge in [-0.2, -0.15) is 5.10 Å². The molecular formula is C31H36FN5O5. The van der Waals surface area contributed by atoms with Gasteiger partial charge in [-0.25, -0.2) is 9.40 Å². The summed E-state index contributed by atoms with van der Waals surface area (Å²) < 4.78 is 32.6. The first-order valence-corrected chi connectivity index (χ1v) is 14.0. The summed E-state index contributed by atoms with van der Waals surface area (Å²) >= 11 is 0. The second kappa shape index (κ2) is 13.2. The fourth-order valence-electron chi connectivity index (χ4n) is 5.38. The largest absolute Gasteiger partial charge is 0.497 e. The van der Waals surface area contributed by atoms with Crippen molar-refractivity contribution in [2.24, 2.45) is 12.1 Å². The van der Waals surface area contributed by atoms with Crippen molar-refractivity contribution in [2.75, 3.05) is 60.2 Å². The highest BCUT2D eigenvalue weighted by Gasteiger charge is 2.37. The topological polar surface area (TPSA) is 88.8 Å². The molecule has 2 amide bonds. The molecule has 0 aliphatic carbocycles. The Morgan fingerprint density at radius 1 is 1.07 bits per heavy atom. The highest BCUT2D eigenvalue weighted by Crippen LogP contribution is 2.39.